The molecule has 0 aliphatic heterocycles. The second kappa shape index (κ2) is 8.15. The summed E-state index contributed by atoms with van der Waals surface area (Å²) >= 11 is 0. The molecule has 0 heterocycles. The molecule has 0 amide bonds. The van der Waals surface area contributed by atoms with Gasteiger partial charge in [-0.1, -0.05) is 32.9 Å². The lowest BCUT2D eigenvalue weighted by molar-refractivity contribution is 0.0686. The molecule has 2 aromatic carbocycles. The van der Waals surface area contributed by atoms with Crippen LogP contribution in [0.1, 0.15) is 47.1 Å². The van der Waals surface area contributed by atoms with Gasteiger partial charge < -0.3 is 14.9 Å². The highest BCUT2D eigenvalue weighted by atomic mass is 16.5. The quantitative estimate of drug-likeness (QED) is 0.886. The molecule has 5 heteroatoms. The highest BCUT2D eigenvalue weighted by molar-refractivity contribution is 5.88. The number of benzene rings is 2. The summed E-state index contributed by atoms with van der Waals surface area (Å²) in [6, 6.07) is 13.2. The maximum atomic E-state index is 10.6. The van der Waals surface area contributed by atoms with Crippen molar-refractivity contribution in [1.82, 2.24) is 0 Å². The Balaban J connectivity index is 0.000000243. The summed E-state index contributed by atoms with van der Waals surface area (Å²) in [5.41, 5.74) is 1.84. The van der Waals surface area contributed by atoms with E-state index in [1.807, 2.05) is 12.1 Å². The van der Waals surface area contributed by atoms with E-state index in [0.717, 1.165) is 5.56 Å². The van der Waals surface area contributed by atoms with Gasteiger partial charge in [0.1, 0.15) is 5.75 Å². The minimum Gasteiger partial charge on any atom is -0.497 e. The van der Waals surface area contributed by atoms with Crippen LogP contribution in [0.5, 0.6) is 5.75 Å². The number of methoxy groups -OCH3 is 1. The number of carboxylic acids is 2. The van der Waals surface area contributed by atoms with Crippen molar-refractivity contribution in [2.75, 3.05) is 7.11 Å². The van der Waals surface area contributed by atoms with Crippen LogP contribution in [0.15, 0.2) is 48.5 Å². The van der Waals surface area contributed by atoms with Gasteiger partial charge in [0.25, 0.3) is 0 Å². The van der Waals surface area contributed by atoms with Crippen LogP contribution in [0.2, 0.25) is 0 Å². The van der Waals surface area contributed by atoms with Gasteiger partial charge >= 0.3 is 11.9 Å². The molecule has 0 unspecified atom stereocenters. The molecule has 0 aliphatic carbocycles. The molecule has 128 valence electrons. The van der Waals surface area contributed by atoms with Crippen LogP contribution in [-0.4, -0.2) is 29.3 Å². The van der Waals surface area contributed by atoms with Crippen molar-refractivity contribution in [1.29, 1.82) is 0 Å². The molecule has 2 N–H and O–H groups in total. The molecule has 0 aliphatic rings. The van der Waals surface area contributed by atoms with E-state index in [4.69, 9.17) is 14.9 Å². The molecule has 2 aromatic rings. The molecule has 0 radical (unpaired) electrons. The van der Waals surface area contributed by atoms with Crippen molar-refractivity contribution in [2.45, 2.75) is 26.2 Å². The van der Waals surface area contributed by atoms with E-state index in [9.17, 15) is 9.59 Å². The molecule has 5 nitrogen and oxygen atoms in total. The summed E-state index contributed by atoms with van der Waals surface area (Å²) in [6.07, 6.45) is 0. The van der Waals surface area contributed by atoms with Gasteiger partial charge in [-0.15, -0.1) is 0 Å². The van der Waals surface area contributed by atoms with Crippen molar-refractivity contribution in [3.05, 3.63) is 65.2 Å². The molecule has 0 spiro atoms. The first-order chi connectivity index (χ1) is 11.1. The molecule has 0 atom stereocenters. The number of ether oxygens (including phenoxy) is 1. The van der Waals surface area contributed by atoms with E-state index in [0.29, 0.717) is 11.3 Å². The predicted molar refractivity (Wildman–Crippen MR) is 92.1 cm³/mol. The van der Waals surface area contributed by atoms with Gasteiger partial charge in [-0.3, -0.25) is 0 Å². The first kappa shape index (κ1) is 19.2. The molecule has 2 rings (SSSR count). The van der Waals surface area contributed by atoms with Crippen molar-refractivity contribution in [2.24, 2.45) is 0 Å². The van der Waals surface area contributed by atoms with Crippen LogP contribution in [0.25, 0.3) is 0 Å². The van der Waals surface area contributed by atoms with Gasteiger partial charge in [0.2, 0.25) is 0 Å². The highest BCUT2D eigenvalue weighted by Crippen LogP contribution is 2.22. The summed E-state index contributed by atoms with van der Waals surface area (Å²) < 4.78 is 4.86. The summed E-state index contributed by atoms with van der Waals surface area (Å²) in [5.74, 6) is -1.14. The van der Waals surface area contributed by atoms with Crippen LogP contribution < -0.4 is 4.74 Å². The molecular formula is C19H22O5. The van der Waals surface area contributed by atoms with Crippen LogP contribution in [-0.2, 0) is 5.41 Å². The fraction of sp³-hybridized carbons (Fsp3) is 0.263. The molecular weight excluding hydrogens is 308 g/mol. The average Bonchev–Trinajstić information content (AvgIpc) is 2.54. The molecule has 0 saturated carbocycles. The lowest BCUT2D eigenvalue weighted by atomic mass is 9.87. The maximum absolute atomic E-state index is 10.6. The second-order valence-corrected chi connectivity index (χ2v) is 6.17. The number of hydrogen-bond acceptors (Lipinski definition) is 3. The zero-order valence-electron chi connectivity index (χ0n) is 14.2. The third-order valence-electron chi connectivity index (χ3n) is 3.33. The zero-order valence-corrected chi connectivity index (χ0v) is 14.2. The summed E-state index contributed by atoms with van der Waals surface area (Å²) in [5, 5.41) is 17.2. The molecule has 0 saturated heterocycles. The molecule has 0 aromatic heterocycles. The van der Waals surface area contributed by atoms with E-state index in [2.05, 4.69) is 20.8 Å². The van der Waals surface area contributed by atoms with Crippen molar-refractivity contribution in [3.8, 4) is 5.75 Å². The van der Waals surface area contributed by atoms with Crippen molar-refractivity contribution < 1.29 is 24.5 Å². The minimum atomic E-state index is -0.923. The minimum absolute atomic E-state index is 0.0804. The van der Waals surface area contributed by atoms with Gasteiger partial charge in [-0.25, -0.2) is 9.59 Å². The number of hydrogen-bond donors (Lipinski definition) is 2. The van der Waals surface area contributed by atoms with E-state index in [1.165, 1.54) is 19.2 Å². The molecule has 0 fully saturated rings. The van der Waals surface area contributed by atoms with Crippen LogP contribution in [0.4, 0.5) is 0 Å². The van der Waals surface area contributed by atoms with Crippen molar-refractivity contribution in [3.63, 3.8) is 0 Å². The Morgan fingerprint density at radius 3 is 1.46 bits per heavy atom. The Labute approximate surface area is 141 Å². The SMILES string of the molecule is CC(C)(C)c1ccc(C(=O)O)cc1.COc1ccc(C(=O)O)cc1. The third-order valence-corrected chi connectivity index (χ3v) is 3.33. The number of aromatic carboxylic acids is 2. The largest absolute Gasteiger partial charge is 0.497 e. The highest BCUT2D eigenvalue weighted by Gasteiger charge is 2.13. The van der Waals surface area contributed by atoms with Gasteiger partial charge in [-0.2, -0.15) is 0 Å². The number of rotatable bonds is 3. The summed E-state index contributed by atoms with van der Waals surface area (Å²) in [4.78, 5) is 20.9. The Hall–Kier alpha value is -2.82. The Morgan fingerprint density at radius 2 is 1.17 bits per heavy atom. The summed E-state index contributed by atoms with van der Waals surface area (Å²) in [6.45, 7) is 6.30. The van der Waals surface area contributed by atoms with Gasteiger partial charge in [0.05, 0.1) is 18.2 Å². The monoisotopic (exact) mass is 330 g/mol. The van der Waals surface area contributed by atoms with E-state index in [-0.39, 0.29) is 11.0 Å². The summed E-state index contributed by atoms with van der Waals surface area (Å²) in [7, 11) is 1.54. The van der Waals surface area contributed by atoms with Crippen LogP contribution in [0.3, 0.4) is 0 Å². The van der Waals surface area contributed by atoms with E-state index < -0.39 is 11.9 Å². The fourth-order valence-electron chi connectivity index (χ4n) is 1.85. The fourth-order valence-corrected chi connectivity index (χ4v) is 1.85. The predicted octanol–water partition coefficient (Wildman–Crippen LogP) is 4.08. The topological polar surface area (TPSA) is 83.8 Å². The van der Waals surface area contributed by atoms with Gasteiger partial charge in [0.15, 0.2) is 0 Å². The van der Waals surface area contributed by atoms with Crippen molar-refractivity contribution >= 4 is 11.9 Å². The normalized spacial score (nSPS) is 10.3. The lowest BCUT2D eigenvalue weighted by Crippen LogP contribution is -2.11. The third kappa shape index (κ3) is 5.76. The smallest absolute Gasteiger partial charge is 0.335 e. The standard InChI is InChI=1S/C11H14O2.C8H8O3/c1-11(2,3)9-6-4-8(5-7-9)10(12)13;1-11-7-4-2-6(3-5-7)8(9)10/h4-7H,1-3H3,(H,12,13);2-5H,1H3,(H,9,10). The maximum Gasteiger partial charge on any atom is 0.335 e. The van der Waals surface area contributed by atoms with Crippen LogP contribution >= 0.6 is 0 Å². The first-order valence-electron chi connectivity index (χ1n) is 7.36. The first-order valence-corrected chi connectivity index (χ1v) is 7.36. The average molecular weight is 330 g/mol. The van der Waals surface area contributed by atoms with Gasteiger partial charge in [-0.05, 0) is 47.4 Å². The van der Waals surface area contributed by atoms with E-state index in [1.54, 1.807) is 24.3 Å². The van der Waals surface area contributed by atoms with Gasteiger partial charge in [0, 0.05) is 0 Å². The Kier molecular flexibility index (Phi) is 6.53. The Bertz CT molecular complexity index is 679. The molecule has 24 heavy (non-hydrogen) atoms. The Morgan fingerprint density at radius 1 is 0.792 bits per heavy atom. The number of carboxylic acid groups (broad SMARTS) is 2. The van der Waals surface area contributed by atoms with E-state index >= 15 is 0 Å². The van der Waals surface area contributed by atoms with Crippen LogP contribution in [0, 0.1) is 0 Å². The second-order valence-electron chi connectivity index (χ2n) is 6.17. The lowest BCUT2D eigenvalue weighted by Gasteiger charge is -2.18. The molecule has 0 bridgehead atoms. The number of carbonyl (C=O) groups is 2. The zero-order chi connectivity index (χ0) is 18.3.